The molecule has 11 heteroatoms. The van der Waals surface area contributed by atoms with Gasteiger partial charge in [-0.2, -0.15) is 0 Å². The van der Waals surface area contributed by atoms with Crippen LogP contribution in [0, 0.1) is 10.1 Å². The van der Waals surface area contributed by atoms with Crippen LogP contribution in [-0.4, -0.2) is 46.6 Å². The molecule has 1 aromatic rings. The van der Waals surface area contributed by atoms with Gasteiger partial charge in [0.05, 0.1) is 42.8 Å². The van der Waals surface area contributed by atoms with E-state index in [9.17, 15) is 29.6 Å². The van der Waals surface area contributed by atoms with Gasteiger partial charge < -0.3 is 19.4 Å². The highest BCUT2D eigenvalue weighted by atomic mass is 16.7. The van der Waals surface area contributed by atoms with Gasteiger partial charge in [0.25, 0.3) is 17.5 Å². The lowest BCUT2D eigenvalue weighted by Gasteiger charge is -2.14. The lowest BCUT2D eigenvalue weighted by Crippen LogP contribution is -2.32. The molecule has 1 atom stereocenters. The Balaban J connectivity index is 1.94. The summed E-state index contributed by atoms with van der Waals surface area (Å²) in [4.78, 5) is 49.8. The Kier molecular flexibility index (Phi) is 6.88. The number of hydrogen-bond donors (Lipinski definition) is 1. The first-order chi connectivity index (χ1) is 13.2. The first-order valence-electron chi connectivity index (χ1n) is 8.48. The van der Waals surface area contributed by atoms with E-state index in [4.69, 9.17) is 14.3 Å². The molecular formula is C17H20N2O9. The molecule has 0 radical (unpaired) electrons. The van der Waals surface area contributed by atoms with Crippen molar-refractivity contribution in [3.63, 3.8) is 0 Å². The van der Waals surface area contributed by atoms with Crippen molar-refractivity contribution in [2.45, 2.75) is 38.7 Å². The maximum atomic E-state index is 11.7. The van der Waals surface area contributed by atoms with Gasteiger partial charge >= 0.3 is 5.97 Å². The van der Waals surface area contributed by atoms with Crippen LogP contribution in [0.3, 0.4) is 0 Å². The minimum absolute atomic E-state index is 0.00146. The molecule has 1 N–H and O–H groups in total. The minimum atomic E-state index is -1.07. The van der Waals surface area contributed by atoms with E-state index >= 15 is 0 Å². The fraction of sp³-hybridized carbons (Fsp3) is 0.471. The largest absolute Gasteiger partial charge is 0.493 e. The fourth-order valence-corrected chi connectivity index (χ4v) is 2.53. The predicted octanol–water partition coefficient (Wildman–Crippen LogP) is 1.42. The number of hydrogen-bond acceptors (Lipinski definition) is 9. The number of carbonyl (C=O) groups excluding carboxylic acids is 3. The van der Waals surface area contributed by atoms with Crippen molar-refractivity contribution in [1.29, 1.82) is 0 Å². The fourth-order valence-electron chi connectivity index (χ4n) is 2.53. The second-order valence-electron chi connectivity index (χ2n) is 5.99. The zero-order valence-corrected chi connectivity index (χ0v) is 15.4. The van der Waals surface area contributed by atoms with Gasteiger partial charge in [-0.25, -0.2) is 4.79 Å². The van der Waals surface area contributed by atoms with Crippen LogP contribution in [-0.2, 0) is 19.2 Å². The van der Waals surface area contributed by atoms with Crippen molar-refractivity contribution in [3.05, 3.63) is 27.8 Å². The highest BCUT2D eigenvalue weighted by Crippen LogP contribution is 2.37. The van der Waals surface area contributed by atoms with Gasteiger partial charge in [-0.05, 0) is 19.4 Å². The summed E-state index contributed by atoms with van der Waals surface area (Å²) in [7, 11) is 1.35. The molecule has 2 amide bonds. The van der Waals surface area contributed by atoms with Gasteiger partial charge in [0.2, 0.25) is 0 Å². The lowest BCUT2D eigenvalue weighted by molar-refractivity contribution is -0.386. The molecule has 0 bridgehead atoms. The Morgan fingerprint density at radius 3 is 2.46 bits per heavy atom. The molecule has 28 heavy (non-hydrogen) atoms. The van der Waals surface area contributed by atoms with Crippen LogP contribution in [0.4, 0.5) is 5.69 Å². The van der Waals surface area contributed by atoms with Crippen molar-refractivity contribution in [2.24, 2.45) is 0 Å². The molecule has 0 aliphatic carbocycles. The first-order valence-corrected chi connectivity index (χ1v) is 8.48. The molecule has 152 valence electrons. The summed E-state index contributed by atoms with van der Waals surface area (Å²) in [5.41, 5.74) is -0.242. The van der Waals surface area contributed by atoms with E-state index in [-0.39, 0.29) is 55.0 Å². The summed E-state index contributed by atoms with van der Waals surface area (Å²) in [6, 6.07) is 2.46. The Labute approximate surface area is 159 Å². The van der Waals surface area contributed by atoms with E-state index in [1.54, 1.807) is 0 Å². The average Bonchev–Trinajstić information content (AvgIpc) is 2.96. The molecule has 1 aliphatic heterocycles. The number of benzene rings is 1. The topological polar surface area (TPSA) is 146 Å². The number of amides is 2. The normalized spacial score (nSPS) is 14.8. The maximum Gasteiger partial charge on any atom is 0.333 e. The van der Waals surface area contributed by atoms with Crippen molar-refractivity contribution < 1.29 is 38.7 Å². The smallest absolute Gasteiger partial charge is 0.333 e. The summed E-state index contributed by atoms with van der Waals surface area (Å²) in [5.74, 6) is -1.63. The number of ether oxygens (including phenoxy) is 2. The zero-order chi connectivity index (χ0) is 20.8. The van der Waals surface area contributed by atoms with E-state index < -0.39 is 28.8 Å². The molecule has 1 unspecified atom stereocenters. The second-order valence-corrected chi connectivity index (χ2v) is 5.99. The third kappa shape index (κ3) is 4.94. The zero-order valence-electron chi connectivity index (χ0n) is 15.4. The second kappa shape index (κ2) is 9.13. The van der Waals surface area contributed by atoms with Crippen molar-refractivity contribution in [3.8, 4) is 11.5 Å². The number of aliphatic hydroxyl groups is 1. The van der Waals surface area contributed by atoms with Gasteiger partial charge in [0.15, 0.2) is 11.5 Å². The lowest BCUT2D eigenvalue weighted by atomic mass is 10.1. The molecule has 0 saturated carbocycles. The first kappa shape index (κ1) is 21.1. The third-order valence-corrected chi connectivity index (χ3v) is 3.94. The van der Waals surface area contributed by atoms with E-state index in [1.807, 2.05) is 0 Å². The Morgan fingerprint density at radius 1 is 1.29 bits per heavy atom. The summed E-state index contributed by atoms with van der Waals surface area (Å²) < 4.78 is 10.6. The van der Waals surface area contributed by atoms with Crippen LogP contribution >= 0.6 is 0 Å². The van der Waals surface area contributed by atoms with Gasteiger partial charge in [-0.3, -0.25) is 19.7 Å². The summed E-state index contributed by atoms with van der Waals surface area (Å²) >= 11 is 0. The number of rotatable bonds is 9. The summed E-state index contributed by atoms with van der Waals surface area (Å²) in [6.07, 6.45) is -1.02. The number of nitro benzene ring substituents is 1. The number of hydroxylamine groups is 2. The number of imide groups is 1. The van der Waals surface area contributed by atoms with Gasteiger partial charge in [-0.15, -0.1) is 5.06 Å². The number of aliphatic hydroxyl groups excluding tert-OH is 1. The molecule has 1 fully saturated rings. The van der Waals surface area contributed by atoms with Crippen LogP contribution in [0.2, 0.25) is 0 Å². The monoisotopic (exact) mass is 396 g/mol. The Bertz CT molecular complexity index is 775. The number of carbonyl (C=O) groups is 3. The predicted molar refractivity (Wildman–Crippen MR) is 92.2 cm³/mol. The molecule has 0 aromatic heterocycles. The Hall–Kier alpha value is -3.21. The standard InChI is InChI=1S/C17H20N2O9/c1-10(20)11-8-13(26-2)14(9-12(11)19(24)25)27-7-3-4-17(23)28-18-15(21)5-6-16(18)22/h8-10,20H,3-7H2,1-2H3. The summed E-state index contributed by atoms with van der Waals surface area (Å²) in [5, 5.41) is 21.3. The highest BCUT2D eigenvalue weighted by molar-refractivity contribution is 6.01. The summed E-state index contributed by atoms with van der Waals surface area (Å²) in [6.45, 7) is 1.39. The van der Waals surface area contributed by atoms with Crippen LogP contribution in [0.5, 0.6) is 11.5 Å². The molecule has 1 aromatic carbocycles. The number of nitrogens with zero attached hydrogens (tertiary/aromatic N) is 2. The van der Waals surface area contributed by atoms with Crippen molar-refractivity contribution >= 4 is 23.5 Å². The number of nitro groups is 1. The van der Waals surface area contributed by atoms with Gasteiger partial charge in [0.1, 0.15) is 0 Å². The highest BCUT2D eigenvalue weighted by Gasteiger charge is 2.32. The van der Waals surface area contributed by atoms with Crippen molar-refractivity contribution in [1.82, 2.24) is 5.06 Å². The van der Waals surface area contributed by atoms with Crippen LogP contribution < -0.4 is 9.47 Å². The van der Waals surface area contributed by atoms with E-state index in [1.165, 1.54) is 20.1 Å². The third-order valence-electron chi connectivity index (χ3n) is 3.94. The minimum Gasteiger partial charge on any atom is -0.493 e. The van der Waals surface area contributed by atoms with E-state index in [0.29, 0.717) is 5.06 Å². The molecule has 0 spiro atoms. The molecule has 11 nitrogen and oxygen atoms in total. The number of methoxy groups -OCH3 is 1. The molecule has 1 heterocycles. The quantitative estimate of drug-likeness (QED) is 0.283. The van der Waals surface area contributed by atoms with Crippen LogP contribution in [0.15, 0.2) is 12.1 Å². The maximum absolute atomic E-state index is 11.7. The molecule has 1 aliphatic rings. The SMILES string of the molecule is COc1cc(C(C)O)c([N+](=O)[O-])cc1OCCCC(=O)ON1C(=O)CCC1=O. The van der Waals surface area contributed by atoms with Gasteiger partial charge in [0, 0.05) is 12.8 Å². The molecule has 1 saturated heterocycles. The van der Waals surface area contributed by atoms with Crippen LogP contribution in [0.25, 0.3) is 0 Å². The van der Waals surface area contributed by atoms with E-state index in [0.717, 1.165) is 6.07 Å². The average molecular weight is 396 g/mol. The molecule has 2 rings (SSSR count). The van der Waals surface area contributed by atoms with Gasteiger partial charge in [-0.1, -0.05) is 0 Å². The van der Waals surface area contributed by atoms with Crippen molar-refractivity contribution in [2.75, 3.05) is 13.7 Å². The molecular weight excluding hydrogens is 376 g/mol. The van der Waals surface area contributed by atoms with Crippen LogP contribution in [0.1, 0.15) is 44.3 Å². The van der Waals surface area contributed by atoms with E-state index in [2.05, 4.69) is 0 Å². The Morgan fingerprint density at radius 2 is 1.93 bits per heavy atom.